The summed E-state index contributed by atoms with van der Waals surface area (Å²) in [6, 6.07) is 17.1. The molecule has 170 valence electrons. The second-order valence-corrected chi connectivity index (χ2v) is 8.43. The molecule has 0 unspecified atom stereocenters. The molecule has 6 nitrogen and oxygen atoms in total. The predicted molar refractivity (Wildman–Crippen MR) is 137 cm³/mol. The van der Waals surface area contributed by atoms with E-state index in [1.54, 1.807) is 60.7 Å². The van der Waals surface area contributed by atoms with Crippen molar-refractivity contribution in [3.63, 3.8) is 0 Å². The standard InChI is InChI=1S/C24H21Cl2N3O3S/c1-14-10-20(11-15(2)22(14)26)32-13-21(30)29-24(33)28-19-8-6-18(7-9-19)27-23(31)16-4-3-5-17(25)12-16/h3-12H,13H2,1-2H3,(H,27,31)(H2,28,29,30,33). The number of rotatable bonds is 6. The molecule has 3 aromatic rings. The molecule has 0 bridgehead atoms. The van der Waals surface area contributed by atoms with Crippen LogP contribution in [0.15, 0.2) is 60.7 Å². The van der Waals surface area contributed by atoms with Gasteiger partial charge in [-0.15, -0.1) is 0 Å². The van der Waals surface area contributed by atoms with Gasteiger partial charge in [-0.1, -0.05) is 29.3 Å². The second-order valence-electron chi connectivity index (χ2n) is 7.20. The van der Waals surface area contributed by atoms with Crippen molar-refractivity contribution in [2.24, 2.45) is 0 Å². The van der Waals surface area contributed by atoms with E-state index in [0.717, 1.165) is 11.1 Å². The van der Waals surface area contributed by atoms with Crippen molar-refractivity contribution in [3.8, 4) is 5.75 Å². The topological polar surface area (TPSA) is 79.5 Å². The fourth-order valence-electron chi connectivity index (χ4n) is 2.93. The van der Waals surface area contributed by atoms with Crippen LogP contribution >= 0.6 is 35.4 Å². The molecule has 0 saturated carbocycles. The Hall–Kier alpha value is -3.13. The molecule has 3 aromatic carbocycles. The van der Waals surface area contributed by atoms with Crippen LogP contribution in [-0.2, 0) is 4.79 Å². The molecular formula is C24H21Cl2N3O3S. The Balaban J connectivity index is 1.48. The highest BCUT2D eigenvalue weighted by molar-refractivity contribution is 7.80. The van der Waals surface area contributed by atoms with Crippen LogP contribution in [0, 0.1) is 13.8 Å². The first-order valence-corrected chi connectivity index (χ1v) is 11.0. The lowest BCUT2D eigenvalue weighted by molar-refractivity contribution is -0.121. The van der Waals surface area contributed by atoms with Crippen molar-refractivity contribution < 1.29 is 14.3 Å². The van der Waals surface area contributed by atoms with Gasteiger partial charge in [0.15, 0.2) is 11.7 Å². The van der Waals surface area contributed by atoms with Crippen LogP contribution in [-0.4, -0.2) is 23.5 Å². The van der Waals surface area contributed by atoms with Crippen LogP contribution < -0.4 is 20.7 Å². The Labute approximate surface area is 207 Å². The average molecular weight is 502 g/mol. The minimum atomic E-state index is -0.400. The van der Waals surface area contributed by atoms with Gasteiger partial charge in [0.05, 0.1) is 0 Å². The highest BCUT2D eigenvalue weighted by Crippen LogP contribution is 2.25. The first-order valence-electron chi connectivity index (χ1n) is 9.88. The highest BCUT2D eigenvalue weighted by Gasteiger charge is 2.10. The summed E-state index contributed by atoms with van der Waals surface area (Å²) in [6.07, 6.45) is 0. The molecular weight excluding hydrogens is 481 g/mol. The van der Waals surface area contributed by atoms with Gasteiger partial charge in [0, 0.05) is 27.0 Å². The molecule has 0 radical (unpaired) electrons. The number of hydrogen-bond donors (Lipinski definition) is 3. The Morgan fingerprint density at radius 2 is 1.52 bits per heavy atom. The monoisotopic (exact) mass is 501 g/mol. The van der Waals surface area contributed by atoms with Crippen molar-refractivity contribution in [2.45, 2.75) is 13.8 Å². The quantitative estimate of drug-likeness (QED) is 0.374. The number of hydrogen-bond acceptors (Lipinski definition) is 4. The first kappa shape index (κ1) is 24.5. The van der Waals surface area contributed by atoms with Crippen LogP contribution in [0.2, 0.25) is 10.0 Å². The fraction of sp³-hybridized carbons (Fsp3) is 0.125. The van der Waals surface area contributed by atoms with Gasteiger partial charge < -0.3 is 15.4 Å². The van der Waals surface area contributed by atoms with Gasteiger partial charge in [0.25, 0.3) is 11.8 Å². The first-order chi connectivity index (χ1) is 15.7. The number of carbonyl (C=O) groups excluding carboxylic acids is 2. The van der Waals surface area contributed by atoms with Crippen LogP contribution in [0.1, 0.15) is 21.5 Å². The SMILES string of the molecule is Cc1cc(OCC(=O)NC(=S)Nc2ccc(NC(=O)c3cccc(Cl)c3)cc2)cc(C)c1Cl. The van der Waals surface area contributed by atoms with Crippen molar-refractivity contribution in [1.82, 2.24) is 5.32 Å². The molecule has 0 atom stereocenters. The Bertz CT molecular complexity index is 1180. The molecule has 9 heteroatoms. The summed E-state index contributed by atoms with van der Waals surface area (Å²) >= 11 is 17.2. The number of nitrogens with one attached hydrogen (secondary N) is 3. The molecule has 2 amide bonds. The maximum Gasteiger partial charge on any atom is 0.264 e. The maximum absolute atomic E-state index is 12.3. The third-order valence-electron chi connectivity index (χ3n) is 4.52. The zero-order valence-corrected chi connectivity index (χ0v) is 20.2. The molecule has 0 heterocycles. The van der Waals surface area contributed by atoms with Gasteiger partial charge in [-0.3, -0.25) is 14.9 Å². The Kier molecular flexibility index (Phi) is 8.27. The van der Waals surface area contributed by atoms with Crippen LogP contribution in [0.25, 0.3) is 0 Å². The van der Waals surface area contributed by atoms with Gasteiger partial charge in [0.1, 0.15) is 5.75 Å². The Morgan fingerprint density at radius 1 is 0.909 bits per heavy atom. The maximum atomic E-state index is 12.3. The van der Waals surface area contributed by atoms with Gasteiger partial charge in [-0.25, -0.2) is 0 Å². The smallest absolute Gasteiger partial charge is 0.264 e. The van der Waals surface area contributed by atoms with Crippen molar-refractivity contribution in [1.29, 1.82) is 0 Å². The van der Waals surface area contributed by atoms with Crippen molar-refractivity contribution >= 4 is 63.7 Å². The summed E-state index contributed by atoms with van der Waals surface area (Å²) in [5, 5.41) is 9.55. The third kappa shape index (κ3) is 7.18. The summed E-state index contributed by atoms with van der Waals surface area (Å²) < 4.78 is 5.53. The lowest BCUT2D eigenvalue weighted by atomic mass is 10.1. The van der Waals surface area contributed by atoms with Crippen molar-refractivity contribution in [3.05, 3.63) is 87.4 Å². The summed E-state index contributed by atoms with van der Waals surface area (Å²) in [6.45, 7) is 3.54. The van der Waals surface area contributed by atoms with Gasteiger partial charge in [-0.2, -0.15) is 0 Å². The number of carbonyl (C=O) groups is 2. The molecule has 3 rings (SSSR count). The summed E-state index contributed by atoms with van der Waals surface area (Å²) in [4.78, 5) is 24.4. The molecule has 0 aliphatic heterocycles. The lowest BCUT2D eigenvalue weighted by Gasteiger charge is -2.12. The normalized spacial score (nSPS) is 10.3. The average Bonchev–Trinajstić information content (AvgIpc) is 2.77. The number of halogens is 2. The zero-order chi connectivity index (χ0) is 24.0. The van der Waals surface area contributed by atoms with Gasteiger partial charge in [0.2, 0.25) is 0 Å². The molecule has 0 aliphatic carbocycles. The van der Waals surface area contributed by atoms with Crippen molar-refractivity contribution in [2.75, 3.05) is 17.2 Å². The number of benzene rings is 3. The second kappa shape index (κ2) is 11.1. The van der Waals surface area contributed by atoms with E-state index in [1.165, 1.54) is 0 Å². The summed E-state index contributed by atoms with van der Waals surface area (Å²) in [5.41, 5.74) is 3.45. The van der Waals surface area contributed by atoms with Crippen LogP contribution in [0.5, 0.6) is 5.75 Å². The Morgan fingerprint density at radius 3 is 2.12 bits per heavy atom. The van der Waals surface area contributed by atoms with E-state index in [-0.39, 0.29) is 17.6 Å². The van der Waals surface area contributed by atoms with E-state index in [0.29, 0.717) is 32.7 Å². The molecule has 3 N–H and O–H groups in total. The van der Waals surface area contributed by atoms with E-state index in [9.17, 15) is 9.59 Å². The zero-order valence-electron chi connectivity index (χ0n) is 17.9. The molecule has 0 spiro atoms. The predicted octanol–water partition coefficient (Wildman–Crippen LogP) is 5.75. The van der Waals surface area contributed by atoms with Crippen LogP contribution in [0.4, 0.5) is 11.4 Å². The third-order valence-corrected chi connectivity index (χ3v) is 5.56. The van der Waals surface area contributed by atoms with Crippen LogP contribution in [0.3, 0.4) is 0 Å². The van der Waals surface area contributed by atoms with E-state index in [4.69, 9.17) is 40.2 Å². The van der Waals surface area contributed by atoms with E-state index in [1.807, 2.05) is 13.8 Å². The van der Waals surface area contributed by atoms with Gasteiger partial charge in [-0.05, 0) is 91.8 Å². The largest absolute Gasteiger partial charge is 0.484 e. The molecule has 0 aliphatic rings. The molecule has 0 saturated heterocycles. The van der Waals surface area contributed by atoms with E-state index >= 15 is 0 Å². The molecule has 0 fully saturated rings. The number of thiocarbonyl (C=S) groups is 1. The minimum Gasteiger partial charge on any atom is -0.484 e. The highest BCUT2D eigenvalue weighted by atomic mass is 35.5. The number of aryl methyl sites for hydroxylation is 2. The fourth-order valence-corrected chi connectivity index (χ4v) is 3.46. The summed E-state index contributed by atoms with van der Waals surface area (Å²) in [5.74, 6) is -0.117. The summed E-state index contributed by atoms with van der Waals surface area (Å²) in [7, 11) is 0. The van der Waals surface area contributed by atoms with E-state index in [2.05, 4.69) is 16.0 Å². The number of ether oxygens (including phenoxy) is 1. The minimum absolute atomic E-state index is 0.128. The number of anilines is 2. The van der Waals surface area contributed by atoms with Gasteiger partial charge >= 0.3 is 0 Å². The number of amides is 2. The molecule has 33 heavy (non-hydrogen) atoms. The molecule has 0 aromatic heterocycles. The lowest BCUT2D eigenvalue weighted by Crippen LogP contribution is -2.37. The van der Waals surface area contributed by atoms with E-state index < -0.39 is 5.91 Å².